The molecule has 0 aromatic heterocycles. The van der Waals surface area contributed by atoms with Crippen molar-refractivity contribution in [3.8, 4) is 0 Å². The van der Waals surface area contributed by atoms with Gasteiger partial charge in [0.05, 0.1) is 56.4 Å². The summed E-state index contributed by atoms with van der Waals surface area (Å²) in [5.74, 6) is 1.20. The molecular weight excluding hydrogens is 816 g/mol. The van der Waals surface area contributed by atoms with Gasteiger partial charge < -0.3 is 89.0 Å². The van der Waals surface area contributed by atoms with E-state index < -0.39 is 128 Å². The SMILES string of the molecule is CC1CCC2(OC1)OC1CC3C4CC(O)C5(O)CC(OC6OC(CO)C(O)C(OC7OCC(O)(CO)C7O)C6OC6OC(C)C(O)C(O)C6O)CCC5(C)C4CCC3(C)C1C2C. The minimum Gasteiger partial charge on any atom is -0.394 e. The maximum absolute atomic E-state index is 12.8. The van der Waals surface area contributed by atoms with Gasteiger partial charge in [-0.1, -0.05) is 27.7 Å². The maximum Gasteiger partial charge on any atom is 0.187 e. The molecule has 9 aliphatic rings. The molecule has 10 N–H and O–H groups in total. The Balaban J connectivity index is 0.947. The summed E-state index contributed by atoms with van der Waals surface area (Å²) >= 11 is 0. The topological polar surface area (TPSA) is 276 Å². The van der Waals surface area contributed by atoms with Crippen molar-refractivity contribution in [1.82, 2.24) is 0 Å². The average molecular weight is 889 g/mol. The van der Waals surface area contributed by atoms with Crippen LogP contribution in [0.15, 0.2) is 0 Å². The van der Waals surface area contributed by atoms with E-state index in [4.69, 9.17) is 37.9 Å². The van der Waals surface area contributed by atoms with Crippen molar-refractivity contribution in [2.75, 3.05) is 26.4 Å². The third-order valence-electron chi connectivity index (χ3n) is 18.2. The Morgan fingerprint density at radius 3 is 2.15 bits per heavy atom. The summed E-state index contributed by atoms with van der Waals surface area (Å²) < 4.78 is 49.7. The molecule has 9 rings (SSSR count). The van der Waals surface area contributed by atoms with Gasteiger partial charge in [-0.2, -0.15) is 0 Å². The standard InChI is InChI=1S/C44H72O18/c1-19-6-11-44(56-16-19)20(2)29-26(62-44)13-25-23-12-28(47)43(54)14-22(7-10-41(43,5)24(23)8-9-40(25,29)4)58-38-35(61-37-33(51)32(50)30(48)21(3)57-37)34(31(49)27(15-45)59-38)60-39-36(52)42(53,17-46)18-55-39/h19-39,45-54H,6-18H2,1-5H3. The fourth-order valence-corrected chi connectivity index (χ4v) is 14.4. The van der Waals surface area contributed by atoms with Crippen molar-refractivity contribution in [1.29, 1.82) is 0 Å². The molecule has 0 aromatic rings. The molecule has 356 valence electrons. The van der Waals surface area contributed by atoms with Crippen LogP contribution in [0, 0.1) is 46.3 Å². The van der Waals surface area contributed by atoms with E-state index in [0.717, 1.165) is 32.1 Å². The molecule has 0 aromatic carbocycles. The zero-order chi connectivity index (χ0) is 44.5. The Kier molecular flexibility index (Phi) is 12.4. The second-order valence-electron chi connectivity index (χ2n) is 21.5. The summed E-state index contributed by atoms with van der Waals surface area (Å²) in [5.41, 5.74) is -4.32. The Morgan fingerprint density at radius 2 is 1.47 bits per heavy atom. The van der Waals surface area contributed by atoms with Gasteiger partial charge in [-0.15, -0.1) is 0 Å². The molecule has 4 saturated carbocycles. The fourth-order valence-electron chi connectivity index (χ4n) is 14.4. The minimum atomic E-state index is -2.09. The van der Waals surface area contributed by atoms with E-state index in [1.54, 1.807) is 0 Å². The van der Waals surface area contributed by atoms with E-state index in [1.165, 1.54) is 6.92 Å². The normalized spacial score (nSPS) is 60.0. The lowest BCUT2D eigenvalue weighted by molar-refractivity contribution is -0.386. The van der Waals surface area contributed by atoms with Crippen LogP contribution in [0.5, 0.6) is 0 Å². The molecule has 62 heavy (non-hydrogen) atoms. The highest BCUT2D eigenvalue weighted by molar-refractivity contribution is 5.20. The van der Waals surface area contributed by atoms with Crippen molar-refractivity contribution in [3.63, 3.8) is 0 Å². The minimum absolute atomic E-state index is 0.00464. The maximum atomic E-state index is 12.8. The first kappa shape index (κ1) is 46.4. The van der Waals surface area contributed by atoms with Crippen LogP contribution in [0.25, 0.3) is 0 Å². The Bertz CT molecular complexity index is 1600. The molecule has 5 heterocycles. The number of hydrogen-bond donors (Lipinski definition) is 10. The first-order chi connectivity index (χ1) is 29.2. The highest BCUT2D eigenvalue weighted by Gasteiger charge is 2.72. The Hall–Kier alpha value is -0.720. The number of aliphatic hydroxyl groups is 10. The highest BCUT2D eigenvalue weighted by Crippen LogP contribution is 2.72. The van der Waals surface area contributed by atoms with Crippen LogP contribution in [-0.2, 0) is 37.9 Å². The largest absolute Gasteiger partial charge is 0.394 e. The summed E-state index contributed by atoms with van der Waals surface area (Å²) in [7, 11) is 0. The van der Waals surface area contributed by atoms with E-state index in [9.17, 15) is 51.1 Å². The number of hydrogen-bond acceptors (Lipinski definition) is 18. The summed E-state index contributed by atoms with van der Waals surface area (Å²) in [6, 6.07) is 0. The molecule has 0 amide bonds. The van der Waals surface area contributed by atoms with E-state index >= 15 is 0 Å². The zero-order valence-electron chi connectivity index (χ0n) is 36.6. The third kappa shape index (κ3) is 7.03. The fraction of sp³-hybridized carbons (Fsp3) is 1.00. The van der Waals surface area contributed by atoms with Crippen LogP contribution in [0.3, 0.4) is 0 Å². The molecule has 5 aliphatic heterocycles. The molecule has 18 heteroatoms. The van der Waals surface area contributed by atoms with Crippen molar-refractivity contribution >= 4 is 0 Å². The van der Waals surface area contributed by atoms with E-state index in [0.29, 0.717) is 43.6 Å². The zero-order valence-corrected chi connectivity index (χ0v) is 36.6. The summed E-state index contributed by atoms with van der Waals surface area (Å²) in [5, 5.41) is 110. The van der Waals surface area contributed by atoms with Gasteiger partial charge in [0.25, 0.3) is 0 Å². The molecule has 9 fully saturated rings. The van der Waals surface area contributed by atoms with Crippen LogP contribution in [-0.4, -0.2) is 187 Å². The predicted molar refractivity (Wildman–Crippen MR) is 211 cm³/mol. The van der Waals surface area contributed by atoms with Crippen LogP contribution < -0.4 is 0 Å². The highest BCUT2D eigenvalue weighted by atomic mass is 16.8. The number of fused-ring (bicyclic) bond motifs is 7. The third-order valence-corrected chi connectivity index (χ3v) is 18.2. The van der Waals surface area contributed by atoms with Crippen LogP contribution in [0.4, 0.5) is 0 Å². The van der Waals surface area contributed by atoms with Crippen molar-refractivity contribution in [2.45, 2.75) is 202 Å². The molecule has 0 radical (unpaired) electrons. The molecule has 18 nitrogen and oxygen atoms in total. The van der Waals surface area contributed by atoms with Gasteiger partial charge in [0.15, 0.2) is 24.7 Å². The number of aliphatic hydroxyl groups excluding tert-OH is 8. The second kappa shape index (κ2) is 16.5. The van der Waals surface area contributed by atoms with Crippen LogP contribution >= 0.6 is 0 Å². The molecule has 5 saturated heterocycles. The van der Waals surface area contributed by atoms with Crippen molar-refractivity contribution < 1.29 is 89.0 Å². The summed E-state index contributed by atoms with van der Waals surface area (Å²) in [6.07, 6.45) is -14.2. The van der Waals surface area contributed by atoms with Crippen molar-refractivity contribution in [2.24, 2.45) is 46.3 Å². The summed E-state index contributed by atoms with van der Waals surface area (Å²) in [4.78, 5) is 0. The lowest BCUT2D eigenvalue weighted by Gasteiger charge is -2.65. The quantitative estimate of drug-likeness (QED) is 0.131. The molecule has 26 unspecified atom stereocenters. The smallest absolute Gasteiger partial charge is 0.187 e. The molecule has 26 atom stereocenters. The van der Waals surface area contributed by atoms with Crippen LogP contribution in [0.2, 0.25) is 0 Å². The molecular formula is C44H72O18. The first-order valence-electron chi connectivity index (χ1n) is 23.2. The van der Waals surface area contributed by atoms with Gasteiger partial charge in [0.2, 0.25) is 0 Å². The van der Waals surface area contributed by atoms with Crippen molar-refractivity contribution in [3.05, 3.63) is 0 Å². The Morgan fingerprint density at radius 1 is 0.726 bits per heavy atom. The Labute approximate surface area is 362 Å². The molecule has 4 aliphatic carbocycles. The predicted octanol–water partition coefficient (Wildman–Crippen LogP) is -0.980. The molecule has 0 bridgehead atoms. The molecule has 1 spiro atoms. The van der Waals surface area contributed by atoms with E-state index in [-0.39, 0.29) is 35.7 Å². The summed E-state index contributed by atoms with van der Waals surface area (Å²) in [6.45, 7) is 9.13. The monoisotopic (exact) mass is 888 g/mol. The average Bonchev–Trinajstić information content (AvgIpc) is 3.81. The van der Waals surface area contributed by atoms with Crippen LogP contribution in [0.1, 0.15) is 92.4 Å². The lowest BCUT2D eigenvalue weighted by Crippen LogP contribution is -2.69. The van der Waals surface area contributed by atoms with E-state index in [2.05, 4.69) is 27.7 Å². The van der Waals surface area contributed by atoms with Gasteiger partial charge >= 0.3 is 0 Å². The van der Waals surface area contributed by atoms with Gasteiger partial charge in [-0.25, -0.2) is 0 Å². The van der Waals surface area contributed by atoms with Gasteiger partial charge in [-0.05, 0) is 86.9 Å². The van der Waals surface area contributed by atoms with Gasteiger partial charge in [-0.3, -0.25) is 0 Å². The number of ether oxygens (including phenoxy) is 8. The van der Waals surface area contributed by atoms with Gasteiger partial charge in [0, 0.05) is 24.2 Å². The first-order valence-corrected chi connectivity index (χ1v) is 23.2. The second-order valence-corrected chi connectivity index (χ2v) is 21.5. The van der Waals surface area contributed by atoms with Gasteiger partial charge in [0.1, 0.15) is 54.4 Å². The van der Waals surface area contributed by atoms with E-state index in [1.807, 2.05) is 0 Å². The lowest BCUT2D eigenvalue weighted by atomic mass is 9.42. The number of rotatable bonds is 8.